The summed E-state index contributed by atoms with van der Waals surface area (Å²) in [5, 5.41) is 12.9. The maximum Gasteiger partial charge on any atom is 0.349 e. The van der Waals surface area contributed by atoms with Crippen molar-refractivity contribution in [2.75, 3.05) is 0 Å². The molecule has 2 aromatic rings. The van der Waals surface area contributed by atoms with Crippen molar-refractivity contribution in [2.24, 2.45) is 5.92 Å². The maximum atomic E-state index is 12.1. The van der Waals surface area contributed by atoms with Gasteiger partial charge in [-0.15, -0.1) is 0 Å². The van der Waals surface area contributed by atoms with Crippen LogP contribution in [0, 0.1) is 38.0 Å². The monoisotopic (exact) mass is 342 g/mol. The number of rotatable bonds is 6. The molecular weight excluding hydrogens is 320 g/mol. The fourth-order valence-corrected chi connectivity index (χ4v) is 2.52. The predicted molar refractivity (Wildman–Crippen MR) is 91.2 cm³/mol. The Morgan fingerprint density at radius 1 is 1.44 bits per heavy atom. The molecule has 0 saturated carbocycles. The molecule has 0 bridgehead atoms. The van der Waals surface area contributed by atoms with Crippen molar-refractivity contribution < 1.29 is 14.1 Å². The van der Waals surface area contributed by atoms with Gasteiger partial charge in [-0.05, 0) is 44.4 Å². The van der Waals surface area contributed by atoms with Gasteiger partial charge in [-0.25, -0.2) is 4.79 Å². The van der Waals surface area contributed by atoms with Crippen LogP contribution in [-0.2, 0) is 22.7 Å². The van der Waals surface area contributed by atoms with Gasteiger partial charge < -0.3 is 13.8 Å². The molecule has 2 aromatic heterocycles. The number of carbonyl (C=O) groups is 1. The highest BCUT2D eigenvalue weighted by molar-refractivity contribution is 5.98. The van der Waals surface area contributed by atoms with E-state index in [2.05, 4.69) is 28.6 Å². The highest BCUT2D eigenvalue weighted by Crippen LogP contribution is 2.20. The number of aryl methyl sites for hydroxylation is 2. The minimum absolute atomic E-state index is 0.0685. The summed E-state index contributed by atoms with van der Waals surface area (Å²) in [6.07, 6.45) is 1.56. The first-order chi connectivity index (χ1) is 11.8. The molecule has 0 radical (unpaired) electrons. The Bertz CT molecular complexity index is 837. The number of ether oxygens (including phenoxy) is 1. The Labute approximate surface area is 146 Å². The van der Waals surface area contributed by atoms with Crippen molar-refractivity contribution in [1.82, 2.24) is 14.7 Å². The zero-order valence-electron chi connectivity index (χ0n) is 15.2. The molecule has 0 unspecified atom stereocenters. The first-order valence-electron chi connectivity index (χ1n) is 8.06. The summed E-state index contributed by atoms with van der Waals surface area (Å²) < 4.78 is 12.1. The first kappa shape index (κ1) is 18.5. The second kappa shape index (κ2) is 7.79. The molecule has 0 N–H and O–H groups in total. The molecule has 0 atom stereocenters. The summed E-state index contributed by atoms with van der Waals surface area (Å²) in [6, 6.07) is 3.86. The van der Waals surface area contributed by atoms with Crippen LogP contribution in [0.25, 0.3) is 6.08 Å². The predicted octanol–water partition coefficient (Wildman–Crippen LogP) is 3.10. The second-order valence-corrected chi connectivity index (χ2v) is 6.31. The van der Waals surface area contributed by atoms with E-state index < -0.39 is 5.97 Å². The zero-order valence-corrected chi connectivity index (χ0v) is 15.2. The number of nitrogens with zero attached hydrogens (tertiary/aromatic N) is 4. The summed E-state index contributed by atoms with van der Waals surface area (Å²) in [4.78, 5) is 16.1. The average molecular weight is 342 g/mol. The fraction of sp³-hybridized carbons (Fsp3) is 0.444. The van der Waals surface area contributed by atoms with Gasteiger partial charge in [-0.2, -0.15) is 10.2 Å². The van der Waals surface area contributed by atoms with Crippen molar-refractivity contribution in [3.05, 3.63) is 40.3 Å². The van der Waals surface area contributed by atoms with E-state index in [0.29, 0.717) is 11.7 Å². The van der Waals surface area contributed by atoms with E-state index in [-0.39, 0.29) is 18.1 Å². The minimum Gasteiger partial charge on any atom is -0.451 e. The van der Waals surface area contributed by atoms with Gasteiger partial charge in [-0.3, -0.25) is 0 Å². The van der Waals surface area contributed by atoms with Gasteiger partial charge in [0.15, 0.2) is 12.4 Å². The first-order valence-corrected chi connectivity index (χ1v) is 8.06. The Morgan fingerprint density at radius 2 is 2.16 bits per heavy atom. The number of hydrogen-bond acceptors (Lipinski definition) is 6. The van der Waals surface area contributed by atoms with Crippen molar-refractivity contribution in [1.29, 1.82) is 5.26 Å². The molecule has 0 saturated heterocycles. The Kier molecular flexibility index (Phi) is 5.75. The summed E-state index contributed by atoms with van der Waals surface area (Å²) in [5.74, 6) is 0.435. The van der Waals surface area contributed by atoms with E-state index in [4.69, 9.17) is 9.26 Å². The normalized spacial score (nSPS) is 11.6. The third-order valence-corrected chi connectivity index (χ3v) is 3.70. The lowest BCUT2D eigenvalue weighted by Crippen LogP contribution is -2.08. The number of hydrogen-bond donors (Lipinski definition) is 0. The van der Waals surface area contributed by atoms with Crippen LogP contribution in [0.2, 0.25) is 0 Å². The number of nitriles is 1. The summed E-state index contributed by atoms with van der Waals surface area (Å²) >= 11 is 0. The molecule has 0 aliphatic heterocycles. The van der Waals surface area contributed by atoms with Gasteiger partial charge in [0.05, 0.1) is 0 Å². The van der Waals surface area contributed by atoms with Crippen LogP contribution in [0.15, 0.2) is 16.2 Å². The summed E-state index contributed by atoms with van der Waals surface area (Å²) in [7, 11) is 0. The molecule has 0 amide bonds. The third-order valence-electron chi connectivity index (χ3n) is 3.70. The van der Waals surface area contributed by atoms with Gasteiger partial charge in [0.25, 0.3) is 5.89 Å². The highest BCUT2D eigenvalue weighted by atomic mass is 16.6. The van der Waals surface area contributed by atoms with Crippen LogP contribution in [0.1, 0.15) is 42.5 Å². The Hall–Kier alpha value is -2.88. The largest absolute Gasteiger partial charge is 0.451 e. The molecule has 132 valence electrons. The van der Waals surface area contributed by atoms with Crippen LogP contribution in [0.4, 0.5) is 0 Å². The number of esters is 1. The SMILES string of the molecule is Cc1noc(COC(=O)/C(C#N)=C/c2cc(C)n(CC(C)C)c2C)n1. The summed E-state index contributed by atoms with van der Waals surface area (Å²) in [6.45, 7) is 10.7. The minimum atomic E-state index is -0.716. The molecule has 0 aromatic carbocycles. The zero-order chi connectivity index (χ0) is 18.6. The molecule has 0 fully saturated rings. The molecule has 2 rings (SSSR count). The molecule has 25 heavy (non-hydrogen) atoms. The Morgan fingerprint density at radius 3 is 2.72 bits per heavy atom. The van der Waals surface area contributed by atoms with Gasteiger partial charge in [0.2, 0.25) is 0 Å². The lowest BCUT2D eigenvalue weighted by atomic mass is 10.1. The van der Waals surface area contributed by atoms with E-state index >= 15 is 0 Å². The lowest BCUT2D eigenvalue weighted by Gasteiger charge is -2.12. The molecule has 7 heteroatoms. The number of carbonyl (C=O) groups excluding carboxylic acids is 1. The van der Waals surface area contributed by atoms with Crippen LogP contribution in [0.5, 0.6) is 0 Å². The van der Waals surface area contributed by atoms with Gasteiger partial charge in [0.1, 0.15) is 11.6 Å². The average Bonchev–Trinajstić information content (AvgIpc) is 3.08. The lowest BCUT2D eigenvalue weighted by molar-refractivity contribution is -0.140. The van der Waals surface area contributed by atoms with E-state index in [0.717, 1.165) is 23.5 Å². The standard InChI is InChI=1S/C18H22N4O3/c1-11(2)9-22-12(3)6-15(13(22)4)7-16(8-19)18(23)24-10-17-20-14(5)21-25-17/h6-7,11H,9-10H2,1-5H3/b16-7+. The van der Waals surface area contributed by atoms with E-state index in [1.165, 1.54) is 0 Å². The van der Waals surface area contributed by atoms with Crippen LogP contribution in [-0.4, -0.2) is 20.7 Å². The Balaban J connectivity index is 2.16. The molecule has 7 nitrogen and oxygen atoms in total. The quantitative estimate of drug-likeness (QED) is 0.455. The second-order valence-electron chi connectivity index (χ2n) is 6.31. The van der Waals surface area contributed by atoms with Crippen LogP contribution >= 0.6 is 0 Å². The van der Waals surface area contributed by atoms with Gasteiger partial charge in [-0.1, -0.05) is 19.0 Å². The van der Waals surface area contributed by atoms with E-state index in [1.807, 2.05) is 26.0 Å². The van der Waals surface area contributed by atoms with Crippen molar-refractivity contribution in [2.45, 2.75) is 47.8 Å². The molecule has 0 aliphatic carbocycles. The van der Waals surface area contributed by atoms with Gasteiger partial charge >= 0.3 is 5.97 Å². The van der Waals surface area contributed by atoms with E-state index in [9.17, 15) is 10.1 Å². The molecule has 0 spiro atoms. The third kappa shape index (κ3) is 4.57. The number of aromatic nitrogens is 3. The summed E-state index contributed by atoms with van der Waals surface area (Å²) in [5.41, 5.74) is 2.87. The highest BCUT2D eigenvalue weighted by Gasteiger charge is 2.16. The molecule has 2 heterocycles. The van der Waals surface area contributed by atoms with Crippen LogP contribution in [0.3, 0.4) is 0 Å². The van der Waals surface area contributed by atoms with E-state index in [1.54, 1.807) is 13.0 Å². The molecular formula is C18H22N4O3. The van der Waals surface area contributed by atoms with Crippen molar-refractivity contribution in [3.63, 3.8) is 0 Å². The van der Waals surface area contributed by atoms with Gasteiger partial charge in [0, 0.05) is 17.9 Å². The van der Waals surface area contributed by atoms with Crippen LogP contribution < -0.4 is 0 Å². The topological polar surface area (TPSA) is 93.9 Å². The van der Waals surface area contributed by atoms with Crippen molar-refractivity contribution in [3.8, 4) is 6.07 Å². The maximum absolute atomic E-state index is 12.1. The molecule has 0 aliphatic rings. The smallest absolute Gasteiger partial charge is 0.349 e. The fourth-order valence-electron chi connectivity index (χ4n) is 2.52. The van der Waals surface area contributed by atoms with Crippen molar-refractivity contribution >= 4 is 12.0 Å².